The van der Waals surface area contributed by atoms with Crippen LogP contribution in [0.15, 0.2) is 5.51 Å². The molecule has 96 valence electrons. The van der Waals surface area contributed by atoms with Crippen LogP contribution in [0.4, 0.5) is 0 Å². The smallest absolute Gasteiger partial charge is 0.355 e. The third-order valence-corrected chi connectivity index (χ3v) is 6.26. The zero-order valence-corrected chi connectivity index (χ0v) is 11.0. The molecule has 5 rings (SSSR count). The molecule has 1 heterocycles. The van der Waals surface area contributed by atoms with Crippen LogP contribution in [-0.2, 0) is 0 Å². The summed E-state index contributed by atoms with van der Waals surface area (Å²) in [6.45, 7) is 0. The molecule has 18 heavy (non-hydrogen) atoms. The number of rotatable bonds is 2. The average Bonchev–Trinajstić information content (AvgIpc) is 2.76. The molecule has 3 nitrogen and oxygen atoms in total. The second-order valence-corrected chi connectivity index (χ2v) is 7.21. The molecule has 0 radical (unpaired) electrons. The monoisotopic (exact) mass is 263 g/mol. The van der Waals surface area contributed by atoms with Crippen LogP contribution >= 0.6 is 11.3 Å². The topological polar surface area (TPSA) is 50.2 Å². The Balaban J connectivity index is 1.72. The minimum atomic E-state index is -0.847. The highest BCUT2D eigenvalue weighted by molar-refractivity contribution is 7.10. The number of carbonyl (C=O) groups is 1. The van der Waals surface area contributed by atoms with Crippen LogP contribution in [0, 0.1) is 23.7 Å². The maximum atomic E-state index is 11.3. The third kappa shape index (κ3) is 1.48. The van der Waals surface area contributed by atoms with Gasteiger partial charge >= 0.3 is 5.97 Å². The van der Waals surface area contributed by atoms with E-state index in [1.165, 1.54) is 32.1 Å². The van der Waals surface area contributed by atoms with Gasteiger partial charge in [-0.15, -0.1) is 11.3 Å². The van der Waals surface area contributed by atoms with Gasteiger partial charge in [0.2, 0.25) is 0 Å². The van der Waals surface area contributed by atoms with E-state index in [2.05, 4.69) is 4.98 Å². The van der Waals surface area contributed by atoms with E-state index < -0.39 is 5.97 Å². The Kier molecular flexibility index (Phi) is 2.31. The first-order valence-corrected chi connectivity index (χ1v) is 7.77. The summed E-state index contributed by atoms with van der Waals surface area (Å²) in [5.74, 6) is 2.99. The normalized spacial score (nSPS) is 41.2. The number of hydrogen-bond acceptors (Lipinski definition) is 3. The molecule has 1 N–H and O–H groups in total. The van der Waals surface area contributed by atoms with Crippen LogP contribution < -0.4 is 0 Å². The van der Waals surface area contributed by atoms with Gasteiger partial charge in [0, 0.05) is 10.8 Å². The summed E-state index contributed by atoms with van der Waals surface area (Å²) in [4.78, 5) is 16.4. The van der Waals surface area contributed by atoms with Gasteiger partial charge < -0.3 is 5.11 Å². The van der Waals surface area contributed by atoms with E-state index in [1.54, 1.807) is 16.8 Å². The SMILES string of the molecule is O=C(O)c1ncsc1C1C2CC3CC(C2)CC1C3. The van der Waals surface area contributed by atoms with E-state index in [0.29, 0.717) is 11.6 Å². The first-order chi connectivity index (χ1) is 8.72. The van der Waals surface area contributed by atoms with Crippen LogP contribution in [0.1, 0.15) is 53.4 Å². The molecule has 4 saturated carbocycles. The number of hydrogen-bond donors (Lipinski definition) is 1. The minimum absolute atomic E-state index is 0.331. The lowest BCUT2D eigenvalue weighted by molar-refractivity contribution is -0.00204. The molecule has 4 bridgehead atoms. The highest BCUT2D eigenvalue weighted by Crippen LogP contribution is 2.60. The Morgan fingerprint density at radius 2 is 1.78 bits per heavy atom. The largest absolute Gasteiger partial charge is 0.476 e. The van der Waals surface area contributed by atoms with Gasteiger partial charge in [0.05, 0.1) is 5.51 Å². The molecule has 0 aliphatic heterocycles. The molecule has 0 unspecified atom stereocenters. The quantitative estimate of drug-likeness (QED) is 0.890. The predicted molar refractivity (Wildman–Crippen MR) is 68.9 cm³/mol. The van der Waals surface area contributed by atoms with Gasteiger partial charge in [0.25, 0.3) is 0 Å². The molecular formula is C14H17NO2S. The Morgan fingerprint density at radius 1 is 1.17 bits per heavy atom. The number of aromatic carboxylic acids is 1. The fourth-order valence-electron chi connectivity index (χ4n) is 5.01. The summed E-state index contributed by atoms with van der Waals surface area (Å²) in [5, 5.41) is 9.25. The molecule has 4 aliphatic carbocycles. The summed E-state index contributed by atoms with van der Waals surface area (Å²) in [6, 6.07) is 0. The molecule has 0 spiro atoms. The summed E-state index contributed by atoms with van der Waals surface area (Å²) < 4.78 is 0. The minimum Gasteiger partial charge on any atom is -0.476 e. The molecule has 4 heteroatoms. The van der Waals surface area contributed by atoms with Crippen molar-refractivity contribution in [2.75, 3.05) is 0 Å². The molecule has 0 amide bonds. The van der Waals surface area contributed by atoms with Crippen molar-refractivity contribution in [3.63, 3.8) is 0 Å². The zero-order chi connectivity index (χ0) is 12.3. The van der Waals surface area contributed by atoms with Crippen molar-refractivity contribution in [3.05, 3.63) is 16.1 Å². The predicted octanol–water partition coefficient (Wildman–Crippen LogP) is 3.38. The molecular weight excluding hydrogens is 246 g/mol. The van der Waals surface area contributed by atoms with Crippen LogP contribution in [0.25, 0.3) is 0 Å². The fourth-order valence-corrected chi connectivity index (χ4v) is 6.07. The Labute approximate surface area is 110 Å². The molecule has 1 aromatic heterocycles. The Morgan fingerprint density at radius 3 is 2.33 bits per heavy atom. The van der Waals surface area contributed by atoms with Crippen LogP contribution in [0.5, 0.6) is 0 Å². The third-order valence-electron chi connectivity index (χ3n) is 5.33. The van der Waals surface area contributed by atoms with Gasteiger partial charge in [-0.25, -0.2) is 9.78 Å². The van der Waals surface area contributed by atoms with E-state index in [-0.39, 0.29) is 0 Å². The number of carboxylic acids is 1. The van der Waals surface area contributed by atoms with Crippen molar-refractivity contribution in [1.29, 1.82) is 0 Å². The lowest BCUT2D eigenvalue weighted by atomic mass is 9.51. The van der Waals surface area contributed by atoms with Gasteiger partial charge in [-0.05, 0) is 55.8 Å². The van der Waals surface area contributed by atoms with Gasteiger partial charge in [0.15, 0.2) is 5.69 Å². The summed E-state index contributed by atoms with van der Waals surface area (Å²) in [5.41, 5.74) is 2.04. The number of aromatic nitrogens is 1. The van der Waals surface area contributed by atoms with Crippen LogP contribution in [-0.4, -0.2) is 16.1 Å². The van der Waals surface area contributed by atoms with Gasteiger partial charge in [0.1, 0.15) is 0 Å². The van der Waals surface area contributed by atoms with E-state index in [1.807, 2.05) is 0 Å². The van der Waals surface area contributed by atoms with E-state index in [9.17, 15) is 9.90 Å². The molecule has 4 aliphatic rings. The zero-order valence-electron chi connectivity index (χ0n) is 10.2. The molecule has 0 aromatic carbocycles. The second kappa shape index (κ2) is 3.80. The van der Waals surface area contributed by atoms with Crippen LogP contribution in [0.3, 0.4) is 0 Å². The summed E-state index contributed by atoms with van der Waals surface area (Å²) in [6.07, 6.45) is 6.75. The summed E-state index contributed by atoms with van der Waals surface area (Å²) >= 11 is 1.57. The van der Waals surface area contributed by atoms with Crippen molar-refractivity contribution in [1.82, 2.24) is 4.98 Å². The maximum Gasteiger partial charge on any atom is 0.355 e. The summed E-state index contributed by atoms with van der Waals surface area (Å²) in [7, 11) is 0. The average molecular weight is 263 g/mol. The standard InChI is InChI=1S/C14H17NO2S/c16-14(17)12-13(18-6-15-12)11-9-2-7-1-8(4-9)5-10(11)3-7/h6-11H,1-5H2,(H,16,17). The maximum absolute atomic E-state index is 11.3. The van der Waals surface area contributed by atoms with Crippen molar-refractivity contribution in [3.8, 4) is 0 Å². The lowest BCUT2D eigenvalue weighted by Gasteiger charge is -2.54. The van der Waals surface area contributed by atoms with E-state index in [0.717, 1.165) is 28.5 Å². The molecule has 0 atom stereocenters. The second-order valence-electron chi connectivity index (χ2n) is 6.33. The lowest BCUT2D eigenvalue weighted by Crippen LogP contribution is -2.43. The number of carboxylic acid groups (broad SMARTS) is 1. The molecule has 1 aromatic rings. The highest BCUT2D eigenvalue weighted by atomic mass is 32.1. The van der Waals surface area contributed by atoms with E-state index in [4.69, 9.17) is 0 Å². The van der Waals surface area contributed by atoms with E-state index >= 15 is 0 Å². The molecule has 4 fully saturated rings. The first kappa shape index (κ1) is 11.0. The number of thiazole rings is 1. The van der Waals surface area contributed by atoms with Crippen molar-refractivity contribution in [2.45, 2.75) is 38.0 Å². The number of nitrogens with zero attached hydrogens (tertiary/aromatic N) is 1. The Hall–Kier alpha value is -0.900. The van der Waals surface area contributed by atoms with Crippen molar-refractivity contribution < 1.29 is 9.90 Å². The Bertz CT molecular complexity index is 468. The highest BCUT2D eigenvalue weighted by Gasteiger charge is 2.49. The van der Waals surface area contributed by atoms with Crippen molar-refractivity contribution >= 4 is 17.3 Å². The van der Waals surface area contributed by atoms with Crippen molar-refractivity contribution in [2.24, 2.45) is 23.7 Å². The van der Waals surface area contributed by atoms with Gasteiger partial charge in [-0.3, -0.25) is 0 Å². The van der Waals surface area contributed by atoms with Gasteiger partial charge in [-0.1, -0.05) is 0 Å². The first-order valence-electron chi connectivity index (χ1n) is 6.89. The fraction of sp³-hybridized carbons (Fsp3) is 0.714. The van der Waals surface area contributed by atoms with Gasteiger partial charge in [-0.2, -0.15) is 0 Å². The molecule has 0 saturated heterocycles. The van der Waals surface area contributed by atoms with Crippen LogP contribution in [0.2, 0.25) is 0 Å².